The first kappa shape index (κ1) is 36.8. The number of pyridine rings is 1. The molecule has 0 spiro atoms. The minimum atomic E-state index is -4.96. The van der Waals surface area contributed by atoms with Crippen molar-refractivity contribution in [1.29, 1.82) is 5.26 Å². The molecule has 5 aromatic rings. The highest BCUT2D eigenvalue weighted by Crippen LogP contribution is 2.44. The maximum atomic E-state index is 16.1. The molecule has 1 unspecified atom stereocenters. The van der Waals surface area contributed by atoms with Gasteiger partial charge in [0, 0.05) is 23.1 Å². The number of halogens is 5. The zero-order valence-corrected chi connectivity index (χ0v) is 28.6. The number of amides is 1. The maximum Gasteiger partial charge on any atom is 0.416 e. The number of nitriles is 1. The van der Waals surface area contributed by atoms with Crippen molar-refractivity contribution in [3.05, 3.63) is 152 Å². The number of hydrogen-bond donors (Lipinski definition) is 1. The van der Waals surface area contributed by atoms with E-state index in [-0.39, 0.29) is 53.5 Å². The molecule has 0 aliphatic carbocycles. The van der Waals surface area contributed by atoms with Gasteiger partial charge in [0.15, 0.2) is 11.6 Å². The molecule has 1 N–H and O–H groups in total. The molecule has 13 heteroatoms. The first-order valence-electron chi connectivity index (χ1n) is 16.5. The third-order valence-corrected chi connectivity index (χ3v) is 9.32. The minimum absolute atomic E-state index is 0.0209. The smallest absolute Gasteiger partial charge is 0.416 e. The molecule has 272 valence electrons. The van der Waals surface area contributed by atoms with E-state index in [1.807, 2.05) is 6.07 Å². The molecule has 0 bridgehead atoms. The van der Waals surface area contributed by atoms with Crippen LogP contribution in [0.25, 0.3) is 11.1 Å². The van der Waals surface area contributed by atoms with Crippen molar-refractivity contribution in [3.8, 4) is 22.9 Å². The van der Waals surface area contributed by atoms with Crippen LogP contribution in [0.3, 0.4) is 0 Å². The van der Waals surface area contributed by atoms with E-state index >= 15 is 8.78 Å². The fraction of sp³-hybridized carbons (Fsp3) is 0.225. The van der Waals surface area contributed by atoms with E-state index in [1.165, 1.54) is 36.8 Å². The van der Waals surface area contributed by atoms with Crippen molar-refractivity contribution in [1.82, 2.24) is 9.88 Å². The van der Waals surface area contributed by atoms with Gasteiger partial charge in [0.2, 0.25) is 0 Å². The van der Waals surface area contributed by atoms with Gasteiger partial charge in [0.05, 0.1) is 49.5 Å². The van der Waals surface area contributed by atoms with Crippen molar-refractivity contribution in [2.75, 3.05) is 25.1 Å². The molecule has 1 aliphatic heterocycles. The van der Waals surface area contributed by atoms with Gasteiger partial charge in [-0.3, -0.25) is 19.6 Å². The van der Waals surface area contributed by atoms with Gasteiger partial charge < -0.3 is 9.47 Å². The van der Waals surface area contributed by atoms with Crippen LogP contribution in [-0.2, 0) is 23.9 Å². The molecule has 0 saturated heterocycles. The second-order valence-electron chi connectivity index (χ2n) is 12.4. The van der Waals surface area contributed by atoms with Gasteiger partial charge in [-0.05, 0) is 41.8 Å². The molecule has 0 radical (unpaired) electrons. The summed E-state index contributed by atoms with van der Waals surface area (Å²) in [6.45, 7) is 0.815. The molecule has 4 aromatic carbocycles. The highest BCUT2D eigenvalue weighted by atomic mass is 19.4. The zero-order valence-electron chi connectivity index (χ0n) is 28.6. The standard InChI is InChI=1S/C40H33F5N4O4/c1-24-28(21-29-30(40(43,44)45)16-10-17-31(29)41)37-48(39(51)53-23-25-11-5-3-6-12-25)22-32(36(47-20-19-46)26-13-7-4-8-14-26)49(37)38(50)34(24)27-15-9-18-33(52-2)35(27)42/h3-18,32,36,47H,20-23H2,1-2H3/t32-,36?/m0/s1. The Kier molecular flexibility index (Phi) is 10.6. The molecule has 2 heterocycles. The van der Waals surface area contributed by atoms with Gasteiger partial charge in [-0.1, -0.05) is 78.9 Å². The number of benzene rings is 4. The number of alkyl halides is 3. The lowest BCUT2D eigenvalue weighted by Gasteiger charge is -2.27. The number of rotatable bonds is 10. The van der Waals surface area contributed by atoms with Crippen LogP contribution >= 0.6 is 0 Å². The Morgan fingerprint density at radius 1 is 0.962 bits per heavy atom. The molecular formula is C40H33F5N4O4. The first-order chi connectivity index (χ1) is 25.5. The quantitative estimate of drug-likeness (QED) is 0.115. The Bertz CT molecular complexity index is 2240. The van der Waals surface area contributed by atoms with E-state index in [9.17, 15) is 28.0 Å². The topological polar surface area (TPSA) is 96.6 Å². The lowest BCUT2D eigenvalue weighted by Crippen LogP contribution is -2.36. The summed E-state index contributed by atoms with van der Waals surface area (Å²) in [4.78, 5) is 30.2. The number of anilines is 1. The largest absolute Gasteiger partial charge is 0.494 e. The predicted octanol–water partition coefficient (Wildman–Crippen LogP) is 8.27. The van der Waals surface area contributed by atoms with Crippen LogP contribution in [0, 0.1) is 29.9 Å². The summed E-state index contributed by atoms with van der Waals surface area (Å²) in [5.41, 5.74) is -1.94. The van der Waals surface area contributed by atoms with Crippen LogP contribution < -0.4 is 20.5 Å². The van der Waals surface area contributed by atoms with Gasteiger partial charge >= 0.3 is 12.3 Å². The van der Waals surface area contributed by atoms with Crippen LogP contribution in [0.1, 0.15) is 45.5 Å². The van der Waals surface area contributed by atoms with E-state index < -0.39 is 59.1 Å². The third-order valence-electron chi connectivity index (χ3n) is 9.32. The van der Waals surface area contributed by atoms with Crippen LogP contribution in [-0.4, -0.2) is 30.9 Å². The van der Waals surface area contributed by atoms with E-state index in [0.717, 1.165) is 23.1 Å². The maximum absolute atomic E-state index is 16.1. The fourth-order valence-electron chi connectivity index (χ4n) is 6.87. The van der Waals surface area contributed by atoms with Gasteiger partial charge in [0.25, 0.3) is 5.56 Å². The number of ether oxygens (including phenoxy) is 2. The summed E-state index contributed by atoms with van der Waals surface area (Å²) in [5, 5.41) is 12.7. The number of carbonyl (C=O) groups is 1. The number of nitrogens with one attached hydrogen (secondary N) is 1. The number of aromatic nitrogens is 1. The highest BCUT2D eigenvalue weighted by molar-refractivity contribution is 5.90. The molecule has 6 rings (SSSR count). The number of nitrogens with zero attached hydrogens (tertiary/aromatic N) is 3. The van der Waals surface area contributed by atoms with Gasteiger partial charge in [0.1, 0.15) is 18.2 Å². The Hall–Kier alpha value is -6.00. The zero-order chi connectivity index (χ0) is 37.9. The molecule has 1 aromatic heterocycles. The normalized spacial score (nSPS) is 14.4. The van der Waals surface area contributed by atoms with Gasteiger partial charge in [-0.25, -0.2) is 13.6 Å². The second-order valence-corrected chi connectivity index (χ2v) is 12.4. The summed E-state index contributed by atoms with van der Waals surface area (Å²) in [5.74, 6) is -2.40. The molecule has 2 atom stereocenters. The van der Waals surface area contributed by atoms with Gasteiger partial charge in [-0.15, -0.1) is 0 Å². The molecule has 0 fully saturated rings. The Morgan fingerprint density at radius 3 is 2.30 bits per heavy atom. The van der Waals surface area contributed by atoms with Crippen molar-refractivity contribution in [2.24, 2.45) is 0 Å². The number of methoxy groups -OCH3 is 1. The van der Waals surface area contributed by atoms with Crippen molar-refractivity contribution in [2.45, 2.75) is 38.2 Å². The van der Waals surface area contributed by atoms with Crippen molar-refractivity contribution in [3.63, 3.8) is 0 Å². The number of hydrogen-bond acceptors (Lipinski definition) is 6. The summed E-state index contributed by atoms with van der Waals surface area (Å²) >= 11 is 0. The van der Waals surface area contributed by atoms with Crippen LogP contribution in [0.5, 0.6) is 5.75 Å². The van der Waals surface area contributed by atoms with Crippen molar-refractivity contribution >= 4 is 11.9 Å². The predicted molar refractivity (Wildman–Crippen MR) is 187 cm³/mol. The Morgan fingerprint density at radius 2 is 1.64 bits per heavy atom. The lowest BCUT2D eigenvalue weighted by molar-refractivity contribution is -0.138. The molecule has 1 amide bonds. The first-order valence-corrected chi connectivity index (χ1v) is 16.5. The molecular weight excluding hydrogens is 695 g/mol. The SMILES string of the molecule is COc1cccc(-c2c(C)c(Cc3c(F)cccc3C(F)(F)F)c3n(c2=O)[C@H](C(NCC#N)c2ccccc2)CN3C(=O)OCc2ccccc2)c1F. The summed E-state index contributed by atoms with van der Waals surface area (Å²) in [6, 6.07) is 24.4. The lowest BCUT2D eigenvalue weighted by atomic mass is 9.91. The van der Waals surface area contributed by atoms with E-state index in [4.69, 9.17) is 9.47 Å². The summed E-state index contributed by atoms with van der Waals surface area (Å²) < 4.78 is 86.9. The van der Waals surface area contributed by atoms with Crippen LogP contribution in [0.15, 0.2) is 102 Å². The minimum Gasteiger partial charge on any atom is -0.494 e. The monoisotopic (exact) mass is 728 g/mol. The number of fused-ring (bicyclic) bond motifs is 1. The fourth-order valence-corrected chi connectivity index (χ4v) is 6.87. The van der Waals surface area contributed by atoms with Crippen LogP contribution in [0.4, 0.5) is 32.6 Å². The van der Waals surface area contributed by atoms with Crippen molar-refractivity contribution < 1.29 is 36.2 Å². The van der Waals surface area contributed by atoms with E-state index in [2.05, 4.69) is 5.32 Å². The van der Waals surface area contributed by atoms with E-state index in [1.54, 1.807) is 60.7 Å². The molecule has 53 heavy (non-hydrogen) atoms. The second kappa shape index (κ2) is 15.3. The molecule has 8 nitrogen and oxygen atoms in total. The average Bonchev–Trinajstić information content (AvgIpc) is 3.55. The number of carbonyl (C=O) groups excluding carboxylic acids is 1. The Labute approximate surface area is 301 Å². The third kappa shape index (κ3) is 7.23. The highest BCUT2D eigenvalue weighted by Gasteiger charge is 2.43. The summed E-state index contributed by atoms with van der Waals surface area (Å²) in [6.07, 6.45) is -6.63. The average molecular weight is 729 g/mol. The van der Waals surface area contributed by atoms with E-state index in [0.29, 0.717) is 11.1 Å². The molecule has 1 aliphatic rings. The Balaban J connectivity index is 1.66. The molecule has 0 saturated carbocycles. The summed E-state index contributed by atoms with van der Waals surface area (Å²) in [7, 11) is 1.24. The van der Waals surface area contributed by atoms with Crippen LogP contribution in [0.2, 0.25) is 0 Å². The van der Waals surface area contributed by atoms with Gasteiger partial charge in [-0.2, -0.15) is 18.4 Å².